The molecule has 0 atom stereocenters. The molecule has 102 valence electrons. The molecule has 0 amide bonds. The van der Waals surface area contributed by atoms with Gasteiger partial charge in [-0.15, -0.1) is 0 Å². The molecule has 1 aliphatic heterocycles. The largest absolute Gasteiger partial charge is 0.452 e. The normalized spacial score (nSPS) is 16.9. The van der Waals surface area contributed by atoms with Gasteiger partial charge in [0.2, 0.25) is 5.79 Å². The first-order valence-corrected chi connectivity index (χ1v) is 6.75. The molecule has 0 spiro atoms. The Morgan fingerprint density at radius 1 is 1.26 bits per heavy atom. The van der Waals surface area contributed by atoms with Crippen molar-refractivity contribution in [1.82, 2.24) is 0 Å². The Bertz CT molecular complexity index is 501. The lowest BCUT2D eigenvalue weighted by Gasteiger charge is -2.32. The quantitative estimate of drug-likeness (QED) is 0.602. The average Bonchev–Trinajstić information content (AvgIpc) is 2.32. The van der Waals surface area contributed by atoms with Gasteiger partial charge in [-0.25, -0.2) is 4.79 Å². The van der Waals surface area contributed by atoms with E-state index in [1.54, 1.807) is 19.9 Å². The molecule has 1 aliphatic rings. The third-order valence-electron chi connectivity index (χ3n) is 2.98. The maximum absolute atomic E-state index is 12.1. The van der Waals surface area contributed by atoms with E-state index in [0.717, 1.165) is 24.8 Å². The second-order valence-corrected chi connectivity index (χ2v) is 5.16. The third-order valence-corrected chi connectivity index (χ3v) is 2.98. The van der Waals surface area contributed by atoms with Gasteiger partial charge in [0.15, 0.2) is 0 Å². The number of carbonyl (C=O) groups excluding carboxylic acids is 1. The first-order valence-electron chi connectivity index (χ1n) is 6.75. The Morgan fingerprint density at radius 2 is 2.05 bits per heavy atom. The molecule has 0 fully saturated rings. The molecule has 19 heavy (non-hydrogen) atoms. The summed E-state index contributed by atoms with van der Waals surface area (Å²) in [4.78, 5) is 12.1. The van der Waals surface area contributed by atoms with E-state index in [-0.39, 0.29) is 5.97 Å². The van der Waals surface area contributed by atoms with Crippen molar-refractivity contribution in [2.75, 3.05) is 0 Å². The molecular formula is C16H20O3. The minimum absolute atomic E-state index is 0.318. The SMILES string of the molecule is CCCC/C=C/c1cccc2c1C(=O)OC(C)(C)O2. The van der Waals surface area contributed by atoms with Gasteiger partial charge in [0.1, 0.15) is 11.3 Å². The van der Waals surface area contributed by atoms with Gasteiger partial charge in [0.05, 0.1) is 0 Å². The van der Waals surface area contributed by atoms with Crippen molar-refractivity contribution in [3.63, 3.8) is 0 Å². The molecule has 0 unspecified atom stereocenters. The van der Waals surface area contributed by atoms with Crippen molar-refractivity contribution in [1.29, 1.82) is 0 Å². The zero-order valence-corrected chi connectivity index (χ0v) is 11.7. The number of hydrogen-bond donors (Lipinski definition) is 0. The van der Waals surface area contributed by atoms with E-state index in [4.69, 9.17) is 9.47 Å². The summed E-state index contributed by atoms with van der Waals surface area (Å²) in [6, 6.07) is 5.61. The van der Waals surface area contributed by atoms with E-state index in [0.29, 0.717) is 11.3 Å². The van der Waals surface area contributed by atoms with Crippen molar-refractivity contribution in [3.05, 3.63) is 35.4 Å². The molecule has 0 N–H and O–H groups in total. The minimum atomic E-state index is -0.894. The highest BCUT2D eigenvalue weighted by molar-refractivity contribution is 5.97. The van der Waals surface area contributed by atoms with Crippen LogP contribution < -0.4 is 4.74 Å². The van der Waals surface area contributed by atoms with Crippen LogP contribution in [0.1, 0.15) is 56.0 Å². The van der Waals surface area contributed by atoms with Crippen molar-refractivity contribution >= 4 is 12.0 Å². The standard InChI is InChI=1S/C16H20O3/c1-4-5-6-7-9-12-10-8-11-13-14(12)15(17)19-16(2,3)18-13/h7-11H,4-6H2,1-3H3/b9-7+. The molecule has 0 aliphatic carbocycles. The molecule has 0 radical (unpaired) electrons. The maximum Gasteiger partial charge on any atom is 0.345 e. The molecular weight excluding hydrogens is 240 g/mol. The molecule has 1 heterocycles. The van der Waals surface area contributed by atoms with Gasteiger partial charge in [-0.2, -0.15) is 0 Å². The molecule has 0 saturated carbocycles. The van der Waals surface area contributed by atoms with Crippen LogP contribution in [0.4, 0.5) is 0 Å². The number of carbonyl (C=O) groups is 1. The first-order chi connectivity index (χ1) is 9.03. The van der Waals surface area contributed by atoms with E-state index < -0.39 is 5.79 Å². The van der Waals surface area contributed by atoms with Crippen LogP contribution in [0.25, 0.3) is 6.08 Å². The lowest BCUT2D eigenvalue weighted by atomic mass is 10.0. The number of ether oxygens (including phenoxy) is 2. The third kappa shape index (κ3) is 3.16. The van der Waals surface area contributed by atoms with Gasteiger partial charge in [-0.1, -0.05) is 44.1 Å². The number of benzene rings is 1. The summed E-state index contributed by atoms with van der Waals surface area (Å²) in [6.45, 7) is 5.63. The van der Waals surface area contributed by atoms with E-state index in [1.165, 1.54) is 0 Å². The fourth-order valence-electron chi connectivity index (χ4n) is 2.08. The second-order valence-electron chi connectivity index (χ2n) is 5.16. The summed E-state index contributed by atoms with van der Waals surface area (Å²) in [5.74, 6) is -0.616. The van der Waals surface area contributed by atoms with Crippen LogP contribution in [0.15, 0.2) is 24.3 Å². The number of allylic oxidation sites excluding steroid dienone is 1. The Labute approximate surface area is 114 Å². The molecule has 1 aromatic carbocycles. The number of rotatable bonds is 4. The van der Waals surface area contributed by atoms with E-state index in [9.17, 15) is 4.79 Å². The smallest absolute Gasteiger partial charge is 0.345 e. The Balaban J connectivity index is 2.28. The van der Waals surface area contributed by atoms with Gasteiger partial charge in [0.25, 0.3) is 0 Å². The van der Waals surface area contributed by atoms with Crippen molar-refractivity contribution < 1.29 is 14.3 Å². The molecule has 0 aromatic heterocycles. The molecule has 3 nitrogen and oxygen atoms in total. The highest BCUT2D eigenvalue weighted by Gasteiger charge is 2.34. The summed E-state index contributed by atoms with van der Waals surface area (Å²) >= 11 is 0. The maximum atomic E-state index is 12.1. The molecule has 2 rings (SSSR count). The Morgan fingerprint density at radius 3 is 2.79 bits per heavy atom. The molecule has 0 saturated heterocycles. The zero-order chi connectivity index (χ0) is 13.9. The number of fused-ring (bicyclic) bond motifs is 1. The molecule has 1 aromatic rings. The highest BCUT2D eigenvalue weighted by Crippen LogP contribution is 2.33. The fraction of sp³-hybridized carbons (Fsp3) is 0.438. The van der Waals surface area contributed by atoms with Gasteiger partial charge >= 0.3 is 5.97 Å². The van der Waals surface area contributed by atoms with Crippen LogP contribution >= 0.6 is 0 Å². The lowest BCUT2D eigenvalue weighted by Crippen LogP contribution is -2.39. The molecule has 0 bridgehead atoms. The topological polar surface area (TPSA) is 35.5 Å². The number of esters is 1. The predicted molar refractivity (Wildman–Crippen MR) is 75.1 cm³/mol. The fourth-order valence-corrected chi connectivity index (χ4v) is 2.08. The van der Waals surface area contributed by atoms with Crippen LogP contribution in [-0.4, -0.2) is 11.8 Å². The Kier molecular flexibility index (Phi) is 3.93. The molecule has 3 heteroatoms. The monoisotopic (exact) mass is 260 g/mol. The van der Waals surface area contributed by atoms with Crippen LogP contribution in [0.3, 0.4) is 0 Å². The van der Waals surface area contributed by atoms with Crippen LogP contribution in [0.5, 0.6) is 5.75 Å². The summed E-state index contributed by atoms with van der Waals surface area (Å²) in [5.41, 5.74) is 1.38. The predicted octanol–water partition coefficient (Wildman–Crippen LogP) is 4.18. The van der Waals surface area contributed by atoms with E-state index in [1.807, 2.05) is 18.2 Å². The number of cyclic esters (lactones) is 1. The van der Waals surface area contributed by atoms with Gasteiger partial charge in [0, 0.05) is 13.8 Å². The average molecular weight is 260 g/mol. The van der Waals surface area contributed by atoms with Crippen LogP contribution in [-0.2, 0) is 4.74 Å². The number of unbranched alkanes of at least 4 members (excludes halogenated alkanes) is 2. The zero-order valence-electron chi connectivity index (χ0n) is 11.7. The van der Waals surface area contributed by atoms with Crippen LogP contribution in [0, 0.1) is 0 Å². The van der Waals surface area contributed by atoms with Crippen molar-refractivity contribution in [2.45, 2.75) is 45.8 Å². The summed E-state index contributed by atoms with van der Waals surface area (Å²) in [7, 11) is 0. The minimum Gasteiger partial charge on any atom is -0.452 e. The van der Waals surface area contributed by atoms with Gasteiger partial charge in [-0.05, 0) is 18.1 Å². The van der Waals surface area contributed by atoms with Gasteiger partial charge in [-0.3, -0.25) is 0 Å². The summed E-state index contributed by atoms with van der Waals surface area (Å²) in [6.07, 6.45) is 7.39. The van der Waals surface area contributed by atoms with Crippen molar-refractivity contribution in [2.24, 2.45) is 0 Å². The first kappa shape index (κ1) is 13.7. The van der Waals surface area contributed by atoms with Crippen LogP contribution in [0.2, 0.25) is 0 Å². The Hall–Kier alpha value is -1.77. The van der Waals surface area contributed by atoms with E-state index >= 15 is 0 Å². The highest BCUT2D eigenvalue weighted by atomic mass is 16.7. The summed E-state index contributed by atoms with van der Waals surface area (Å²) < 4.78 is 11.0. The van der Waals surface area contributed by atoms with Gasteiger partial charge < -0.3 is 9.47 Å². The van der Waals surface area contributed by atoms with E-state index in [2.05, 4.69) is 13.0 Å². The van der Waals surface area contributed by atoms with Crippen molar-refractivity contribution in [3.8, 4) is 5.75 Å². The second kappa shape index (κ2) is 5.47. The lowest BCUT2D eigenvalue weighted by molar-refractivity contribution is -0.127. The number of hydrogen-bond acceptors (Lipinski definition) is 3. The summed E-state index contributed by atoms with van der Waals surface area (Å²) in [5, 5.41) is 0.